The lowest BCUT2D eigenvalue weighted by Gasteiger charge is -2.24. The fraction of sp³-hybridized carbons (Fsp3) is 0.250. The molecule has 0 saturated carbocycles. The number of fused-ring (bicyclic) bond motifs is 2. The fourth-order valence-electron chi connectivity index (χ4n) is 2.40. The first kappa shape index (κ1) is 17.4. The highest BCUT2D eigenvalue weighted by molar-refractivity contribution is 9.10. The van der Waals surface area contributed by atoms with E-state index < -0.39 is 0 Å². The average Bonchev–Trinajstić information content (AvgIpc) is 2.35. The number of hydrogen-bond acceptors (Lipinski definition) is 2. The fourth-order valence-corrected chi connectivity index (χ4v) is 4.69. The smallest absolute Gasteiger partial charge is 0.0559 e. The van der Waals surface area contributed by atoms with Gasteiger partial charge >= 0.3 is 0 Å². The second kappa shape index (κ2) is 7.07. The Morgan fingerprint density at radius 2 is 1.76 bits per heavy atom. The molecule has 0 saturated heterocycles. The van der Waals surface area contributed by atoms with Crippen molar-refractivity contribution in [3.05, 3.63) is 44.8 Å². The Balaban J connectivity index is 0.00000161. The summed E-state index contributed by atoms with van der Waals surface area (Å²) >= 11 is 9.01. The third-order valence-corrected chi connectivity index (χ3v) is 5.25. The molecule has 21 heavy (non-hydrogen) atoms. The van der Waals surface area contributed by atoms with Crippen LogP contribution >= 0.6 is 60.6 Å². The Labute approximate surface area is 157 Å². The van der Waals surface area contributed by atoms with Crippen LogP contribution in [0.25, 0.3) is 0 Å². The minimum atomic E-state index is 0. The maximum atomic E-state index is 3.64. The van der Waals surface area contributed by atoms with E-state index in [0.29, 0.717) is 5.92 Å². The molecule has 1 aliphatic heterocycles. The van der Waals surface area contributed by atoms with Crippen LogP contribution in [0.2, 0.25) is 0 Å². The van der Waals surface area contributed by atoms with Crippen molar-refractivity contribution >= 4 is 72.0 Å². The Kier molecular flexibility index (Phi) is 5.85. The Morgan fingerprint density at radius 1 is 1.05 bits per heavy atom. The summed E-state index contributed by atoms with van der Waals surface area (Å²) in [6.45, 7) is 4.52. The van der Waals surface area contributed by atoms with E-state index in [9.17, 15) is 0 Å². The highest BCUT2D eigenvalue weighted by Gasteiger charge is 2.19. The lowest BCUT2D eigenvalue weighted by atomic mass is 10.0. The molecule has 5 heteroatoms. The molecule has 0 bridgehead atoms. The van der Waals surface area contributed by atoms with Crippen molar-refractivity contribution in [1.29, 1.82) is 0 Å². The van der Waals surface area contributed by atoms with Crippen LogP contribution < -0.4 is 5.32 Å². The van der Waals surface area contributed by atoms with E-state index in [-0.39, 0.29) is 17.0 Å². The van der Waals surface area contributed by atoms with Crippen LogP contribution in [0.3, 0.4) is 0 Å². The van der Waals surface area contributed by atoms with Crippen LogP contribution in [-0.4, -0.2) is 0 Å². The molecular formula is C16H16Br3NS. The third-order valence-electron chi connectivity index (χ3n) is 3.20. The van der Waals surface area contributed by atoms with Crippen molar-refractivity contribution in [3.8, 4) is 0 Å². The Hall–Kier alpha value is 0.0300. The molecule has 0 amide bonds. The standard InChI is InChI=1S/C16H15Br2NS.BrH/c1-9(2)5-10-6-12(18)8-15-16(10)19-13-4-3-11(17)7-14(13)20-15;/h3-4,6-9,19H,5H2,1-2H3;1H. The molecule has 0 atom stereocenters. The molecule has 1 nitrogen and oxygen atoms in total. The second-order valence-corrected chi connectivity index (χ2v) is 8.32. The van der Waals surface area contributed by atoms with Crippen LogP contribution in [0, 0.1) is 5.92 Å². The highest BCUT2D eigenvalue weighted by atomic mass is 79.9. The quantitative estimate of drug-likeness (QED) is 0.405. The molecule has 1 N–H and O–H groups in total. The SMILES string of the molecule is Br.CC(C)Cc1cc(Br)cc2c1Nc1ccc(Br)cc1S2. The van der Waals surface area contributed by atoms with E-state index in [0.717, 1.165) is 15.4 Å². The molecule has 0 unspecified atom stereocenters. The Morgan fingerprint density at radius 3 is 2.48 bits per heavy atom. The van der Waals surface area contributed by atoms with Gasteiger partial charge < -0.3 is 5.32 Å². The number of hydrogen-bond donors (Lipinski definition) is 1. The van der Waals surface area contributed by atoms with Gasteiger partial charge in [-0.25, -0.2) is 0 Å². The van der Waals surface area contributed by atoms with Gasteiger partial charge in [0.15, 0.2) is 0 Å². The number of rotatable bonds is 2. The molecular weight excluding hydrogens is 478 g/mol. The van der Waals surface area contributed by atoms with E-state index in [4.69, 9.17) is 0 Å². The zero-order valence-corrected chi connectivity index (χ0v) is 17.4. The highest BCUT2D eigenvalue weighted by Crippen LogP contribution is 2.47. The van der Waals surface area contributed by atoms with Gasteiger partial charge in [-0.1, -0.05) is 57.5 Å². The predicted molar refractivity (Wildman–Crippen MR) is 105 cm³/mol. The molecule has 0 fully saturated rings. The van der Waals surface area contributed by atoms with Gasteiger partial charge in [-0.15, -0.1) is 17.0 Å². The van der Waals surface area contributed by atoms with Crippen molar-refractivity contribution in [3.63, 3.8) is 0 Å². The molecule has 1 aliphatic rings. The first-order valence-corrected chi connectivity index (χ1v) is 9.00. The monoisotopic (exact) mass is 491 g/mol. The van der Waals surface area contributed by atoms with Crippen LogP contribution in [0.4, 0.5) is 11.4 Å². The molecule has 0 aromatic heterocycles. The summed E-state index contributed by atoms with van der Waals surface area (Å²) in [5.41, 5.74) is 3.84. The van der Waals surface area contributed by atoms with E-state index in [1.165, 1.54) is 26.7 Å². The molecule has 0 aliphatic carbocycles. The number of anilines is 2. The molecule has 2 aromatic carbocycles. The van der Waals surface area contributed by atoms with Gasteiger partial charge in [0.1, 0.15) is 0 Å². The van der Waals surface area contributed by atoms with Crippen LogP contribution in [-0.2, 0) is 6.42 Å². The summed E-state index contributed by atoms with van der Waals surface area (Å²) in [6.07, 6.45) is 1.08. The summed E-state index contributed by atoms with van der Waals surface area (Å²) in [7, 11) is 0. The summed E-state index contributed by atoms with van der Waals surface area (Å²) in [5.74, 6) is 0.645. The first-order chi connectivity index (χ1) is 9.52. The van der Waals surface area contributed by atoms with Gasteiger partial charge in [0.25, 0.3) is 0 Å². The molecule has 0 radical (unpaired) electrons. The van der Waals surface area contributed by atoms with Crippen LogP contribution in [0.1, 0.15) is 19.4 Å². The lowest BCUT2D eigenvalue weighted by molar-refractivity contribution is 0.647. The second-order valence-electron chi connectivity index (χ2n) is 5.40. The maximum Gasteiger partial charge on any atom is 0.0559 e. The minimum absolute atomic E-state index is 0. The van der Waals surface area contributed by atoms with Gasteiger partial charge in [0.05, 0.1) is 11.4 Å². The molecule has 112 valence electrons. The topological polar surface area (TPSA) is 12.0 Å². The predicted octanol–water partition coefficient (Wildman–Crippen LogP) is 7.20. The summed E-state index contributed by atoms with van der Waals surface area (Å²) in [5, 5.41) is 3.61. The van der Waals surface area contributed by atoms with E-state index in [2.05, 4.69) is 81.4 Å². The van der Waals surface area contributed by atoms with Crippen molar-refractivity contribution in [2.24, 2.45) is 5.92 Å². The number of nitrogens with one attached hydrogen (secondary N) is 1. The lowest BCUT2D eigenvalue weighted by Crippen LogP contribution is -2.05. The summed E-state index contributed by atoms with van der Waals surface area (Å²) in [6, 6.07) is 10.8. The number of halogens is 3. The van der Waals surface area contributed by atoms with E-state index in [1.54, 1.807) is 0 Å². The van der Waals surface area contributed by atoms with E-state index >= 15 is 0 Å². The average molecular weight is 494 g/mol. The van der Waals surface area contributed by atoms with Gasteiger partial charge in [-0.2, -0.15) is 0 Å². The minimum Gasteiger partial charge on any atom is -0.353 e. The van der Waals surface area contributed by atoms with Crippen molar-refractivity contribution in [2.75, 3.05) is 5.32 Å². The molecule has 2 aromatic rings. The number of benzene rings is 2. The maximum absolute atomic E-state index is 3.64. The normalized spacial score (nSPS) is 12.2. The molecule has 3 rings (SSSR count). The first-order valence-electron chi connectivity index (χ1n) is 6.60. The Bertz CT molecular complexity index is 671. The largest absolute Gasteiger partial charge is 0.353 e. The van der Waals surface area contributed by atoms with Crippen LogP contribution in [0.5, 0.6) is 0 Å². The molecule has 0 spiro atoms. The van der Waals surface area contributed by atoms with Crippen molar-refractivity contribution in [2.45, 2.75) is 30.1 Å². The van der Waals surface area contributed by atoms with Gasteiger partial charge in [0, 0.05) is 18.7 Å². The summed E-state index contributed by atoms with van der Waals surface area (Å²) < 4.78 is 2.27. The van der Waals surface area contributed by atoms with Crippen molar-refractivity contribution in [1.82, 2.24) is 0 Å². The zero-order valence-electron chi connectivity index (χ0n) is 11.7. The van der Waals surface area contributed by atoms with Crippen LogP contribution in [0.15, 0.2) is 49.1 Å². The van der Waals surface area contributed by atoms with Gasteiger partial charge in [-0.3, -0.25) is 0 Å². The van der Waals surface area contributed by atoms with E-state index in [1.807, 2.05) is 11.8 Å². The van der Waals surface area contributed by atoms with Crippen molar-refractivity contribution < 1.29 is 0 Å². The summed E-state index contributed by atoms with van der Waals surface area (Å²) in [4.78, 5) is 2.56. The van der Waals surface area contributed by atoms with Gasteiger partial charge in [-0.05, 0) is 48.2 Å². The molecule has 1 heterocycles. The van der Waals surface area contributed by atoms with Gasteiger partial charge in [0.2, 0.25) is 0 Å². The zero-order chi connectivity index (χ0) is 14.3. The third kappa shape index (κ3) is 3.87.